The largest absolute Gasteiger partial charge is 0.339 e. The summed E-state index contributed by atoms with van der Waals surface area (Å²) in [6, 6.07) is 21.9. The zero-order chi connectivity index (χ0) is 20.5. The molecule has 1 aliphatic rings. The summed E-state index contributed by atoms with van der Waals surface area (Å²) >= 11 is 0. The number of carbonyl (C=O) groups is 1. The first-order chi connectivity index (χ1) is 14.7. The Balaban J connectivity index is 1.41. The van der Waals surface area contributed by atoms with Gasteiger partial charge in [0.2, 0.25) is 5.89 Å². The Hall–Kier alpha value is -3.67. The summed E-state index contributed by atoms with van der Waals surface area (Å²) in [5, 5.41) is 3.96. The number of rotatable bonds is 4. The van der Waals surface area contributed by atoms with Gasteiger partial charge in [0.05, 0.1) is 5.92 Å². The van der Waals surface area contributed by atoms with Crippen LogP contribution in [0.1, 0.15) is 39.5 Å². The lowest BCUT2D eigenvalue weighted by molar-refractivity contribution is 0.0788. The number of likely N-dealkylation sites (tertiary alicyclic amines) is 1. The van der Waals surface area contributed by atoms with E-state index in [0.29, 0.717) is 30.4 Å². The predicted octanol–water partition coefficient (Wildman–Crippen LogP) is 4.19. The minimum absolute atomic E-state index is 0.0169. The van der Waals surface area contributed by atoms with Gasteiger partial charge in [-0.25, -0.2) is 0 Å². The number of aromatic nitrogens is 3. The van der Waals surface area contributed by atoms with Crippen LogP contribution in [0.25, 0.3) is 5.69 Å². The van der Waals surface area contributed by atoms with Crippen molar-refractivity contribution in [1.82, 2.24) is 19.6 Å². The van der Waals surface area contributed by atoms with Gasteiger partial charge in [-0.3, -0.25) is 4.79 Å². The van der Waals surface area contributed by atoms with Crippen LogP contribution in [0.15, 0.2) is 83.6 Å². The molecule has 2 atom stereocenters. The maximum atomic E-state index is 13.3. The average Bonchev–Trinajstić information content (AvgIpc) is 3.54. The van der Waals surface area contributed by atoms with Crippen molar-refractivity contribution in [1.29, 1.82) is 0 Å². The Bertz CT molecular complexity index is 1130. The molecule has 2 aromatic heterocycles. The Kier molecular flexibility index (Phi) is 4.67. The Morgan fingerprint density at radius 2 is 1.63 bits per heavy atom. The maximum Gasteiger partial charge on any atom is 0.253 e. The molecule has 1 aliphatic heterocycles. The summed E-state index contributed by atoms with van der Waals surface area (Å²) in [6.45, 7) is 2.99. The number of hydrogen-bond acceptors (Lipinski definition) is 4. The predicted molar refractivity (Wildman–Crippen MR) is 113 cm³/mol. The lowest BCUT2D eigenvalue weighted by Gasteiger charge is -2.17. The Morgan fingerprint density at radius 3 is 2.30 bits per heavy atom. The zero-order valence-electron chi connectivity index (χ0n) is 16.7. The first-order valence-corrected chi connectivity index (χ1v) is 10.1. The van der Waals surface area contributed by atoms with Crippen molar-refractivity contribution in [3.63, 3.8) is 0 Å². The molecule has 0 spiro atoms. The van der Waals surface area contributed by atoms with Crippen LogP contribution in [0, 0.1) is 6.92 Å². The van der Waals surface area contributed by atoms with Crippen molar-refractivity contribution in [3.05, 3.63) is 102 Å². The Labute approximate surface area is 174 Å². The molecule has 0 unspecified atom stereocenters. The number of hydrogen-bond donors (Lipinski definition) is 0. The van der Waals surface area contributed by atoms with Crippen molar-refractivity contribution in [2.24, 2.45) is 0 Å². The lowest BCUT2D eigenvalue weighted by Crippen LogP contribution is -2.28. The molecule has 0 radical (unpaired) electrons. The van der Waals surface area contributed by atoms with Crippen molar-refractivity contribution in [2.45, 2.75) is 18.8 Å². The third-order valence-corrected chi connectivity index (χ3v) is 5.71. The van der Waals surface area contributed by atoms with Gasteiger partial charge in [0.1, 0.15) is 0 Å². The quantitative estimate of drug-likeness (QED) is 0.517. The van der Waals surface area contributed by atoms with Gasteiger partial charge >= 0.3 is 0 Å². The third kappa shape index (κ3) is 3.41. The van der Waals surface area contributed by atoms with Crippen LogP contribution < -0.4 is 0 Å². The minimum Gasteiger partial charge on any atom is -0.339 e. The summed E-state index contributed by atoms with van der Waals surface area (Å²) in [6.07, 6.45) is 3.97. The fraction of sp³-hybridized carbons (Fsp3) is 0.208. The number of benzene rings is 2. The summed E-state index contributed by atoms with van der Waals surface area (Å²) in [7, 11) is 0. The van der Waals surface area contributed by atoms with Crippen LogP contribution in [0.2, 0.25) is 0 Å². The summed E-state index contributed by atoms with van der Waals surface area (Å²) in [5.74, 6) is 1.33. The average molecular weight is 398 g/mol. The van der Waals surface area contributed by atoms with Gasteiger partial charge in [-0.2, -0.15) is 4.98 Å². The standard InChI is InChI=1S/C24H22N4O2/c1-17-25-23(30-26-17)22-16-28(15-21(22)18-7-3-2-4-8-18)24(29)19-9-11-20(12-10-19)27-13-5-6-14-27/h2-14,21-22H,15-16H2,1H3/t21-,22-/m1/s1. The van der Waals surface area contributed by atoms with E-state index in [9.17, 15) is 4.79 Å². The fourth-order valence-corrected chi connectivity index (χ4v) is 4.19. The van der Waals surface area contributed by atoms with Gasteiger partial charge in [-0.15, -0.1) is 0 Å². The SMILES string of the molecule is Cc1noc([C@@H]2CN(C(=O)c3ccc(-n4cccc4)cc3)C[C@@H]2c2ccccc2)n1. The maximum absolute atomic E-state index is 13.3. The molecular weight excluding hydrogens is 376 g/mol. The number of aryl methyl sites for hydroxylation is 1. The fourth-order valence-electron chi connectivity index (χ4n) is 4.19. The first-order valence-electron chi connectivity index (χ1n) is 10.1. The van der Waals surface area contributed by atoms with E-state index < -0.39 is 0 Å². The molecule has 0 aliphatic carbocycles. The highest BCUT2D eigenvalue weighted by atomic mass is 16.5. The molecular formula is C24H22N4O2. The van der Waals surface area contributed by atoms with E-state index >= 15 is 0 Å². The smallest absolute Gasteiger partial charge is 0.253 e. The van der Waals surface area contributed by atoms with Crippen LogP contribution in [0.3, 0.4) is 0 Å². The molecule has 2 aromatic carbocycles. The van der Waals surface area contributed by atoms with Gasteiger partial charge in [0.15, 0.2) is 5.82 Å². The van der Waals surface area contributed by atoms with Crippen LogP contribution >= 0.6 is 0 Å². The highest BCUT2D eigenvalue weighted by Crippen LogP contribution is 2.39. The highest BCUT2D eigenvalue weighted by molar-refractivity contribution is 5.94. The van der Waals surface area contributed by atoms with Crippen molar-refractivity contribution >= 4 is 5.91 Å². The molecule has 0 saturated carbocycles. The molecule has 30 heavy (non-hydrogen) atoms. The third-order valence-electron chi connectivity index (χ3n) is 5.71. The Morgan fingerprint density at radius 1 is 0.933 bits per heavy atom. The first kappa shape index (κ1) is 18.4. The van der Waals surface area contributed by atoms with Gasteiger partial charge < -0.3 is 14.0 Å². The van der Waals surface area contributed by atoms with Crippen LogP contribution in [-0.2, 0) is 0 Å². The van der Waals surface area contributed by atoms with E-state index in [1.54, 1.807) is 0 Å². The molecule has 1 fully saturated rings. The number of carbonyl (C=O) groups excluding carboxylic acids is 1. The van der Waals surface area contributed by atoms with E-state index in [-0.39, 0.29) is 17.7 Å². The van der Waals surface area contributed by atoms with Gasteiger partial charge in [-0.05, 0) is 48.9 Å². The van der Waals surface area contributed by atoms with E-state index in [1.165, 1.54) is 5.56 Å². The second-order valence-corrected chi connectivity index (χ2v) is 7.65. The molecule has 0 bridgehead atoms. The topological polar surface area (TPSA) is 64.2 Å². The summed E-state index contributed by atoms with van der Waals surface area (Å²) in [4.78, 5) is 19.6. The van der Waals surface area contributed by atoms with Crippen molar-refractivity contribution in [2.75, 3.05) is 13.1 Å². The molecule has 1 amide bonds. The zero-order valence-corrected chi connectivity index (χ0v) is 16.7. The van der Waals surface area contributed by atoms with Crippen LogP contribution in [0.4, 0.5) is 0 Å². The number of nitrogens with zero attached hydrogens (tertiary/aromatic N) is 4. The molecule has 150 valence electrons. The molecule has 0 N–H and O–H groups in total. The second kappa shape index (κ2) is 7.63. The molecule has 3 heterocycles. The molecule has 4 aromatic rings. The van der Waals surface area contributed by atoms with Crippen LogP contribution in [-0.4, -0.2) is 38.6 Å². The van der Waals surface area contributed by atoms with Crippen molar-refractivity contribution < 1.29 is 9.32 Å². The molecule has 6 heteroatoms. The molecule has 6 nitrogen and oxygen atoms in total. The van der Waals surface area contributed by atoms with E-state index in [1.807, 2.05) is 83.4 Å². The minimum atomic E-state index is -0.0169. The number of amides is 1. The summed E-state index contributed by atoms with van der Waals surface area (Å²) in [5.41, 5.74) is 2.89. The monoisotopic (exact) mass is 398 g/mol. The van der Waals surface area contributed by atoms with E-state index in [4.69, 9.17) is 4.52 Å². The van der Waals surface area contributed by atoms with E-state index in [2.05, 4.69) is 22.3 Å². The van der Waals surface area contributed by atoms with E-state index in [0.717, 1.165) is 5.69 Å². The highest BCUT2D eigenvalue weighted by Gasteiger charge is 2.40. The molecule has 1 saturated heterocycles. The van der Waals surface area contributed by atoms with Crippen molar-refractivity contribution in [3.8, 4) is 5.69 Å². The van der Waals surface area contributed by atoms with Crippen LogP contribution in [0.5, 0.6) is 0 Å². The van der Waals surface area contributed by atoms with Gasteiger partial charge in [0.25, 0.3) is 5.91 Å². The lowest BCUT2D eigenvalue weighted by atomic mass is 9.89. The molecule has 5 rings (SSSR count). The second-order valence-electron chi connectivity index (χ2n) is 7.65. The summed E-state index contributed by atoms with van der Waals surface area (Å²) < 4.78 is 7.51. The van der Waals surface area contributed by atoms with Gasteiger partial charge in [0, 0.05) is 42.7 Å². The normalized spacial score (nSPS) is 18.6. The van der Waals surface area contributed by atoms with Gasteiger partial charge in [-0.1, -0.05) is 35.5 Å².